The number of aryl methyl sites for hydroxylation is 2. The second-order valence-electron chi connectivity index (χ2n) is 8.91. The Morgan fingerprint density at radius 1 is 1.13 bits per heavy atom. The molecule has 0 bridgehead atoms. The molecule has 5 heteroatoms. The highest BCUT2D eigenvalue weighted by Crippen LogP contribution is 2.36. The van der Waals surface area contributed by atoms with E-state index < -0.39 is 5.79 Å². The van der Waals surface area contributed by atoms with Gasteiger partial charge < -0.3 is 14.2 Å². The number of thiol groups is 1. The lowest BCUT2D eigenvalue weighted by atomic mass is 9.92. The zero-order valence-electron chi connectivity index (χ0n) is 19.2. The van der Waals surface area contributed by atoms with E-state index >= 15 is 0 Å². The molecule has 0 saturated carbocycles. The van der Waals surface area contributed by atoms with Crippen molar-refractivity contribution in [2.45, 2.75) is 77.3 Å². The highest BCUT2D eigenvalue weighted by atomic mass is 32.1. The molecule has 31 heavy (non-hydrogen) atoms. The summed E-state index contributed by atoms with van der Waals surface area (Å²) in [6, 6.07) is 14.3. The van der Waals surface area contributed by atoms with E-state index in [1.807, 2.05) is 39.0 Å². The van der Waals surface area contributed by atoms with Crippen LogP contribution in [0, 0.1) is 13.8 Å². The number of rotatable bonds is 9. The topological polar surface area (TPSA) is 44.8 Å². The molecule has 0 aromatic heterocycles. The van der Waals surface area contributed by atoms with Crippen LogP contribution in [0.25, 0.3) is 0 Å². The molecular weight excluding hydrogens is 408 g/mol. The second-order valence-corrected chi connectivity index (χ2v) is 9.53. The van der Waals surface area contributed by atoms with Crippen molar-refractivity contribution < 1.29 is 19.0 Å². The van der Waals surface area contributed by atoms with Crippen LogP contribution in [-0.4, -0.2) is 30.4 Å². The van der Waals surface area contributed by atoms with Crippen LogP contribution >= 0.6 is 12.6 Å². The van der Waals surface area contributed by atoms with E-state index in [0.29, 0.717) is 13.2 Å². The van der Waals surface area contributed by atoms with Crippen LogP contribution in [0.2, 0.25) is 0 Å². The minimum absolute atomic E-state index is 0.0456. The number of ether oxygens (including phenoxy) is 3. The average Bonchev–Trinajstić information content (AvgIpc) is 2.99. The van der Waals surface area contributed by atoms with E-state index in [-0.39, 0.29) is 23.2 Å². The van der Waals surface area contributed by atoms with Gasteiger partial charge in [0.1, 0.15) is 6.10 Å². The third kappa shape index (κ3) is 6.42. The number of hydrogen-bond donors (Lipinski definition) is 1. The van der Waals surface area contributed by atoms with Crippen molar-refractivity contribution >= 4 is 18.4 Å². The number of carbonyl (C=O) groups is 1. The summed E-state index contributed by atoms with van der Waals surface area (Å²) >= 11 is 4.86. The van der Waals surface area contributed by atoms with Crippen molar-refractivity contribution in [2.75, 3.05) is 6.61 Å². The van der Waals surface area contributed by atoms with Gasteiger partial charge in [-0.05, 0) is 64.2 Å². The SMILES string of the molecule is CC(=O)c1c(C)cc(C)cc1C(S)CCC1OC(C)(C)OC1COCc1ccccc1. The minimum Gasteiger partial charge on any atom is -0.374 e. The summed E-state index contributed by atoms with van der Waals surface area (Å²) in [7, 11) is 0. The Kier molecular flexibility index (Phi) is 7.98. The summed E-state index contributed by atoms with van der Waals surface area (Å²) in [5, 5.41) is -0.0456. The molecule has 168 valence electrons. The maximum absolute atomic E-state index is 12.2. The second kappa shape index (κ2) is 10.3. The van der Waals surface area contributed by atoms with Crippen LogP contribution in [0.1, 0.15) is 71.5 Å². The van der Waals surface area contributed by atoms with Crippen LogP contribution in [0.5, 0.6) is 0 Å². The van der Waals surface area contributed by atoms with Crippen molar-refractivity contribution in [3.8, 4) is 0 Å². The van der Waals surface area contributed by atoms with Gasteiger partial charge in [0.25, 0.3) is 0 Å². The van der Waals surface area contributed by atoms with E-state index in [4.69, 9.17) is 26.8 Å². The van der Waals surface area contributed by atoms with Gasteiger partial charge >= 0.3 is 0 Å². The summed E-state index contributed by atoms with van der Waals surface area (Å²) in [6.45, 7) is 10.6. The molecule has 3 atom stereocenters. The van der Waals surface area contributed by atoms with Gasteiger partial charge in [-0.3, -0.25) is 4.79 Å². The van der Waals surface area contributed by atoms with Gasteiger partial charge in [-0.2, -0.15) is 12.6 Å². The quantitative estimate of drug-likeness (QED) is 0.382. The first-order valence-corrected chi connectivity index (χ1v) is 11.5. The van der Waals surface area contributed by atoms with Gasteiger partial charge in [0.15, 0.2) is 11.6 Å². The van der Waals surface area contributed by atoms with E-state index in [2.05, 4.69) is 31.2 Å². The van der Waals surface area contributed by atoms with Gasteiger partial charge in [0, 0.05) is 10.8 Å². The van der Waals surface area contributed by atoms with Gasteiger partial charge in [-0.1, -0.05) is 48.0 Å². The highest BCUT2D eigenvalue weighted by Gasteiger charge is 2.41. The molecule has 1 aliphatic rings. The third-order valence-corrected chi connectivity index (χ3v) is 6.16. The summed E-state index contributed by atoms with van der Waals surface area (Å²) in [5.41, 5.74) is 5.08. The van der Waals surface area contributed by atoms with Gasteiger partial charge in [0.2, 0.25) is 0 Å². The summed E-state index contributed by atoms with van der Waals surface area (Å²) < 4.78 is 18.2. The van der Waals surface area contributed by atoms with Crippen LogP contribution in [0.3, 0.4) is 0 Å². The first kappa shape index (κ1) is 24.0. The highest BCUT2D eigenvalue weighted by molar-refractivity contribution is 7.80. The number of ketones is 1. The molecule has 1 aliphatic heterocycles. The summed E-state index contributed by atoms with van der Waals surface area (Å²) in [6.07, 6.45) is 1.35. The molecule has 0 amide bonds. The van der Waals surface area contributed by atoms with E-state index in [1.54, 1.807) is 6.92 Å². The lowest BCUT2D eigenvalue weighted by molar-refractivity contribution is -0.151. The van der Waals surface area contributed by atoms with Crippen molar-refractivity contribution in [1.82, 2.24) is 0 Å². The lowest BCUT2D eigenvalue weighted by Crippen LogP contribution is -2.28. The summed E-state index contributed by atoms with van der Waals surface area (Å²) in [4.78, 5) is 12.2. The molecule has 1 heterocycles. The first-order valence-electron chi connectivity index (χ1n) is 10.9. The van der Waals surface area contributed by atoms with Gasteiger partial charge in [-0.15, -0.1) is 0 Å². The van der Waals surface area contributed by atoms with E-state index in [9.17, 15) is 4.79 Å². The Morgan fingerprint density at radius 3 is 2.48 bits per heavy atom. The largest absolute Gasteiger partial charge is 0.374 e. The molecule has 0 aliphatic carbocycles. The predicted octanol–water partition coefficient (Wildman–Crippen LogP) is 5.99. The fraction of sp³-hybridized carbons (Fsp3) is 0.500. The number of carbonyl (C=O) groups excluding carboxylic acids is 1. The monoisotopic (exact) mass is 442 g/mol. The van der Waals surface area contributed by atoms with Crippen molar-refractivity contribution in [3.63, 3.8) is 0 Å². The maximum Gasteiger partial charge on any atom is 0.163 e. The lowest BCUT2D eigenvalue weighted by Gasteiger charge is -2.21. The van der Waals surface area contributed by atoms with Gasteiger partial charge in [0.05, 0.1) is 19.3 Å². The number of Topliss-reactive ketones (excluding diaryl/α,β-unsaturated/α-hetero) is 1. The van der Waals surface area contributed by atoms with Crippen LogP contribution in [0.4, 0.5) is 0 Å². The number of benzene rings is 2. The van der Waals surface area contributed by atoms with Crippen molar-refractivity contribution in [3.05, 3.63) is 70.3 Å². The molecule has 3 unspecified atom stereocenters. The van der Waals surface area contributed by atoms with Crippen LogP contribution < -0.4 is 0 Å². The standard InChI is InChI=1S/C26H34O4S/c1-17-13-18(2)25(19(3)27)21(14-17)24(31)12-11-22-23(30-26(4,5)29-22)16-28-15-20-9-7-6-8-10-20/h6-10,13-14,22-24,31H,11-12,15-16H2,1-5H3. The molecule has 3 rings (SSSR count). The Hall–Kier alpha value is -1.66. The fourth-order valence-corrected chi connectivity index (χ4v) is 4.74. The molecule has 1 saturated heterocycles. The minimum atomic E-state index is -0.637. The molecule has 0 radical (unpaired) electrons. The van der Waals surface area contributed by atoms with Crippen molar-refractivity contribution in [2.24, 2.45) is 0 Å². The average molecular weight is 443 g/mol. The Morgan fingerprint density at radius 2 is 1.81 bits per heavy atom. The fourth-order valence-electron chi connectivity index (χ4n) is 4.38. The Bertz CT molecular complexity index is 894. The van der Waals surface area contributed by atoms with E-state index in [1.165, 1.54) is 0 Å². The first-order chi connectivity index (χ1) is 14.7. The molecule has 0 N–H and O–H groups in total. The molecule has 4 nitrogen and oxygen atoms in total. The predicted molar refractivity (Wildman–Crippen MR) is 127 cm³/mol. The van der Waals surface area contributed by atoms with Gasteiger partial charge in [-0.25, -0.2) is 0 Å². The molecule has 1 fully saturated rings. The Labute approximate surface area is 191 Å². The van der Waals surface area contributed by atoms with Crippen LogP contribution in [-0.2, 0) is 20.8 Å². The molecular formula is C26H34O4S. The molecule has 2 aromatic carbocycles. The Balaban J connectivity index is 1.63. The zero-order valence-corrected chi connectivity index (χ0v) is 20.1. The third-order valence-electron chi connectivity index (χ3n) is 5.62. The van der Waals surface area contributed by atoms with Crippen LogP contribution in [0.15, 0.2) is 42.5 Å². The normalized spacial score (nSPS) is 21.2. The summed E-state index contributed by atoms with van der Waals surface area (Å²) in [5.74, 6) is -0.553. The van der Waals surface area contributed by atoms with E-state index in [0.717, 1.165) is 40.7 Å². The molecule has 2 aromatic rings. The zero-order chi connectivity index (χ0) is 22.6. The number of hydrogen-bond acceptors (Lipinski definition) is 5. The smallest absolute Gasteiger partial charge is 0.163 e. The maximum atomic E-state index is 12.2. The van der Waals surface area contributed by atoms with Crippen molar-refractivity contribution in [1.29, 1.82) is 0 Å². The molecule has 0 spiro atoms.